The van der Waals surface area contributed by atoms with Gasteiger partial charge in [0.1, 0.15) is 5.75 Å². The summed E-state index contributed by atoms with van der Waals surface area (Å²) in [7, 11) is 1.65. The van der Waals surface area contributed by atoms with Gasteiger partial charge < -0.3 is 20.3 Å². The van der Waals surface area contributed by atoms with Crippen LogP contribution in [0.2, 0.25) is 0 Å². The Morgan fingerprint density at radius 3 is 2.60 bits per heavy atom. The van der Waals surface area contributed by atoms with Gasteiger partial charge in [-0.25, -0.2) is 0 Å². The first-order chi connectivity index (χ1) is 12.0. The molecule has 25 heavy (non-hydrogen) atoms. The van der Waals surface area contributed by atoms with Crippen molar-refractivity contribution in [2.75, 3.05) is 33.3 Å². The van der Waals surface area contributed by atoms with Crippen LogP contribution in [0.25, 0.3) is 0 Å². The molecular formula is C19H28N2O4. The Bertz CT molecular complexity index is 589. The van der Waals surface area contributed by atoms with Crippen LogP contribution < -0.4 is 10.1 Å². The van der Waals surface area contributed by atoms with Gasteiger partial charge in [0.2, 0.25) is 5.91 Å². The van der Waals surface area contributed by atoms with E-state index < -0.39 is 0 Å². The van der Waals surface area contributed by atoms with E-state index in [2.05, 4.69) is 10.2 Å². The lowest BCUT2D eigenvalue weighted by Crippen LogP contribution is -2.61. The first-order valence-corrected chi connectivity index (χ1v) is 9.02. The van der Waals surface area contributed by atoms with E-state index in [0.717, 1.165) is 43.7 Å². The van der Waals surface area contributed by atoms with E-state index in [1.165, 1.54) is 0 Å². The molecule has 1 aromatic rings. The summed E-state index contributed by atoms with van der Waals surface area (Å²) >= 11 is 0. The second-order valence-corrected chi connectivity index (χ2v) is 7.19. The monoisotopic (exact) mass is 348 g/mol. The topological polar surface area (TPSA) is 82.0 Å². The standard InChI is InChI=1S/C19H28N2O4/c1-25-15-5-3-2-4-14(15)6-9-20-18(24)13-21-10-7-19(8-11-21)16(22)12-17(19)23/h2-5,16-17,22-23H,6-13H2,1H3,(H,20,24)/t16-,17+. The highest BCUT2D eigenvalue weighted by atomic mass is 16.5. The molecule has 6 heteroatoms. The number of likely N-dealkylation sites (tertiary alicyclic amines) is 1. The molecule has 0 aromatic heterocycles. The summed E-state index contributed by atoms with van der Waals surface area (Å²) in [6.07, 6.45) is 1.95. The second-order valence-electron chi connectivity index (χ2n) is 7.19. The zero-order valence-corrected chi connectivity index (χ0v) is 14.8. The molecule has 3 N–H and O–H groups in total. The Labute approximate surface area is 148 Å². The summed E-state index contributed by atoms with van der Waals surface area (Å²) in [4.78, 5) is 14.2. The molecule has 6 nitrogen and oxygen atoms in total. The molecular weight excluding hydrogens is 320 g/mol. The molecule has 1 aliphatic heterocycles. The Kier molecular flexibility index (Phi) is 5.61. The summed E-state index contributed by atoms with van der Waals surface area (Å²) in [5.74, 6) is 0.858. The van der Waals surface area contributed by atoms with E-state index >= 15 is 0 Å². The van der Waals surface area contributed by atoms with Gasteiger partial charge in [-0.15, -0.1) is 0 Å². The molecule has 1 saturated heterocycles. The number of hydrogen-bond acceptors (Lipinski definition) is 5. The number of ether oxygens (including phenoxy) is 1. The summed E-state index contributed by atoms with van der Waals surface area (Å²) in [6.45, 7) is 2.44. The van der Waals surface area contributed by atoms with Crippen molar-refractivity contribution < 1.29 is 19.7 Å². The molecule has 3 rings (SSSR count). The lowest BCUT2D eigenvalue weighted by Gasteiger charge is -2.54. The van der Waals surface area contributed by atoms with E-state index in [-0.39, 0.29) is 23.5 Å². The highest BCUT2D eigenvalue weighted by Gasteiger charge is 2.54. The fourth-order valence-electron chi connectivity index (χ4n) is 4.04. The molecule has 1 aliphatic carbocycles. The van der Waals surface area contributed by atoms with Crippen molar-refractivity contribution in [1.82, 2.24) is 10.2 Å². The number of carbonyl (C=O) groups is 1. The highest BCUT2D eigenvalue weighted by Crippen LogP contribution is 2.49. The quantitative estimate of drug-likeness (QED) is 0.700. The van der Waals surface area contributed by atoms with Crippen LogP contribution in [0.5, 0.6) is 5.75 Å². The third-order valence-electron chi connectivity index (χ3n) is 5.84. The number of aliphatic hydroxyl groups is 2. The molecule has 0 bridgehead atoms. The van der Waals surface area contributed by atoms with Crippen LogP contribution in [0.15, 0.2) is 24.3 Å². The maximum atomic E-state index is 12.1. The second kappa shape index (κ2) is 7.72. The number of nitrogens with zero attached hydrogens (tertiary/aromatic N) is 1. The van der Waals surface area contributed by atoms with Crippen LogP contribution in [0.4, 0.5) is 0 Å². The molecule has 1 saturated carbocycles. The number of hydrogen-bond donors (Lipinski definition) is 3. The average molecular weight is 348 g/mol. The molecule has 1 aromatic carbocycles. The SMILES string of the molecule is COc1ccccc1CCNC(=O)CN1CCC2(CC1)[C@H](O)C[C@@H]2O. The van der Waals surface area contributed by atoms with Gasteiger partial charge in [0.25, 0.3) is 0 Å². The number of nitrogens with one attached hydrogen (secondary N) is 1. The van der Waals surface area contributed by atoms with Crippen LogP contribution in [-0.4, -0.2) is 66.5 Å². The van der Waals surface area contributed by atoms with E-state index in [4.69, 9.17) is 4.74 Å². The third-order valence-corrected chi connectivity index (χ3v) is 5.84. The van der Waals surface area contributed by atoms with Crippen molar-refractivity contribution >= 4 is 5.91 Å². The number of amides is 1. The van der Waals surface area contributed by atoms with Crippen molar-refractivity contribution in [3.05, 3.63) is 29.8 Å². The van der Waals surface area contributed by atoms with E-state index in [9.17, 15) is 15.0 Å². The lowest BCUT2D eigenvalue weighted by atomic mass is 9.58. The predicted octanol–water partition coefficient (Wildman–Crippen LogP) is 0.562. The molecule has 1 amide bonds. The van der Waals surface area contributed by atoms with Crippen molar-refractivity contribution in [2.45, 2.75) is 37.9 Å². The van der Waals surface area contributed by atoms with Gasteiger partial charge in [0.05, 0.1) is 25.9 Å². The summed E-state index contributed by atoms with van der Waals surface area (Å²) in [5, 5.41) is 22.9. The van der Waals surface area contributed by atoms with Crippen LogP contribution in [0.1, 0.15) is 24.8 Å². The molecule has 1 spiro atoms. The normalized spacial score (nSPS) is 25.4. The number of benzene rings is 1. The van der Waals surface area contributed by atoms with Crippen LogP contribution in [-0.2, 0) is 11.2 Å². The minimum Gasteiger partial charge on any atom is -0.496 e. The number of aliphatic hydroxyl groups excluding tert-OH is 2. The zero-order chi connectivity index (χ0) is 17.9. The molecule has 0 unspecified atom stereocenters. The maximum Gasteiger partial charge on any atom is 0.234 e. The van der Waals surface area contributed by atoms with E-state index in [0.29, 0.717) is 19.5 Å². The minimum atomic E-state index is -0.390. The lowest BCUT2D eigenvalue weighted by molar-refractivity contribution is -0.189. The first-order valence-electron chi connectivity index (χ1n) is 9.02. The maximum absolute atomic E-state index is 12.1. The molecule has 2 atom stereocenters. The zero-order valence-electron chi connectivity index (χ0n) is 14.8. The van der Waals surface area contributed by atoms with E-state index in [1.54, 1.807) is 7.11 Å². The smallest absolute Gasteiger partial charge is 0.234 e. The first kappa shape index (κ1) is 18.2. The molecule has 138 valence electrons. The Morgan fingerprint density at radius 2 is 1.96 bits per heavy atom. The largest absolute Gasteiger partial charge is 0.496 e. The molecule has 0 radical (unpaired) electrons. The number of para-hydroxylation sites is 1. The Balaban J connectivity index is 1.39. The number of piperidine rings is 1. The fourth-order valence-corrected chi connectivity index (χ4v) is 4.04. The van der Waals surface area contributed by atoms with Crippen molar-refractivity contribution in [3.8, 4) is 5.75 Å². The summed E-state index contributed by atoms with van der Waals surface area (Å²) in [5.41, 5.74) is 0.759. The van der Waals surface area contributed by atoms with Crippen molar-refractivity contribution in [1.29, 1.82) is 0 Å². The molecule has 2 aliphatic rings. The van der Waals surface area contributed by atoms with Gasteiger partial charge in [0, 0.05) is 18.4 Å². The van der Waals surface area contributed by atoms with Crippen molar-refractivity contribution in [3.63, 3.8) is 0 Å². The van der Waals surface area contributed by atoms with Gasteiger partial charge in [-0.05, 0) is 44.0 Å². The number of rotatable bonds is 6. The Hall–Kier alpha value is -1.63. The van der Waals surface area contributed by atoms with Gasteiger partial charge in [0.15, 0.2) is 0 Å². The van der Waals surface area contributed by atoms with Crippen LogP contribution in [0, 0.1) is 5.41 Å². The molecule has 1 heterocycles. The van der Waals surface area contributed by atoms with Gasteiger partial charge in [-0.3, -0.25) is 9.69 Å². The predicted molar refractivity (Wildman–Crippen MR) is 94.4 cm³/mol. The third kappa shape index (κ3) is 3.81. The van der Waals surface area contributed by atoms with Gasteiger partial charge in [-0.1, -0.05) is 18.2 Å². The number of methoxy groups -OCH3 is 1. The number of carbonyl (C=O) groups excluding carboxylic acids is 1. The van der Waals surface area contributed by atoms with Gasteiger partial charge in [-0.2, -0.15) is 0 Å². The molecule has 2 fully saturated rings. The minimum absolute atomic E-state index is 0.0144. The van der Waals surface area contributed by atoms with Gasteiger partial charge >= 0.3 is 0 Å². The van der Waals surface area contributed by atoms with E-state index in [1.807, 2.05) is 24.3 Å². The summed E-state index contributed by atoms with van der Waals surface area (Å²) in [6, 6.07) is 7.82. The fraction of sp³-hybridized carbons (Fsp3) is 0.632. The average Bonchev–Trinajstić information content (AvgIpc) is 2.63. The van der Waals surface area contributed by atoms with Crippen LogP contribution in [0.3, 0.4) is 0 Å². The Morgan fingerprint density at radius 1 is 1.28 bits per heavy atom. The van der Waals surface area contributed by atoms with Crippen molar-refractivity contribution in [2.24, 2.45) is 5.41 Å². The highest BCUT2D eigenvalue weighted by molar-refractivity contribution is 5.78. The summed E-state index contributed by atoms with van der Waals surface area (Å²) < 4.78 is 5.32. The van der Waals surface area contributed by atoms with Crippen LogP contribution >= 0.6 is 0 Å².